The van der Waals surface area contributed by atoms with Crippen molar-refractivity contribution in [2.45, 2.75) is 12.8 Å². The fourth-order valence-electron chi connectivity index (χ4n) is 2.54. The van der Waals surface area contributed by atoms with Gasteiger partial charge in [0.25, 0.3) is 0 Å². The molecule has 0 spiro atoms. The van der Waals surface area contributed by atoms with E-state index in [-0.39, 0.29) is 17.6 Å². The van der Waals surface area contributed by atoms with Crippen LogP contribution in [0.3, 0.4) is 0 Å². The molecule has 1 fully saturated rings. The van der Waals surface area contributed by atoms with Crippen LogP contribution >= 0.6 is 0 Å². The van der Waals surface area contributed by atoms with E-state index in [1.165, 1.54) is 0 Å². The molecule has 0 radical (unpaired) electrons. The Hall–Kier alpha value is -2.82. The summed E-state index contributed by atoms with van der Waals surface area (Å²) in [7, 11) is 0. The number of aromatic hydroxyl groups is 1. The largest absolute Gasteiger partial charge is 0.508 e. The number of hydrogen-bond acceptors (Lipinski definition) is 3. The van der Waals surface area contributed by atoms with Gasteiger partial charge in [-0.05, 0) is 48.2 Å². The molecule has 0 aliphatic heterocycles. The van der Waals surface area contributed by atoms with Crippen molar-refractivity contribution in [3.63, 3.8) is 0 Å². The summed E-state index contributed by atoms with van der Waals surface area (Å²) in [5, 5.41) is 20.5. The van der Waals surface area contributed by atoms with E-state index in [1.807, 2.05) is 30.3 Å². The number of H-pyrrole nitrogens is 1. The average Bonchev–Trinajstić information content (AvgIpc) is 3.30. The zero-order valence-corrected chi connectivity index (χ0v) is 11.8. The zero-order chi connectivity index (χ0) is 15.1. The van der Waals surface area contributed by atoms with Crippen LogP contribution in [0.15, 0.2) is 42.5 Å². The lowest BCUT2D eigenvalue weighted by atomic mass is 10.0. The average molecular weight is 293 g/mol. The van der Waals surface area contributed by atoms with Gasteiger partial charge in [-0.2, -0.15) is 5.10 Å². The van der Waals surface area contributed by atoms with Crippen LogP contribution in [0.2, 0.25) is 0 Å². The van der Waals surface area contributed by atoms with E-state index in [0.717, 1.165) is 34.9 Å². The monoisotopic (exact) mass is 293 g/mol. The highest BCUT2D eigenvalue weighted by molar-refractivity contribution is 6.02. The maximum absolute atomic E-state index is 11.8. The van der Waals surface area contributed by atoms with Crippen LogP contribution in [-0.2, 0) is 4.79 Å². The van der Waals surface area contributed by atoms with Gasteiger partial charge >= 0.3 is 0 Å². The van der Waals surface area contributed by atoms with Gasteiger partial charge in [-0.1, -0.05) is 18.2 Å². The number of phenols is 1. The van der Waals surface area contributed by atoms with Gasteiger partial charge in [0.2, 0.25) is 5.91 Å². The summed E-state index contributed by atoms with van der Waals surface area (Å²) in [6.45, 7) is 0. The van der Waals surface area contributed by atoms with Crippen LogP contribution in [0.1, 0.15) is 12.8 Å². The van der Waals surface area contributed by atoms with E-state index >= 15 is 0 Å². The Bertz CT molecular complexity index is 865. The molecule has 4 rings (SSSR count). The first-order chi connectivity index (χ1) is 10.7. The molecule has 1 aliphatic carbocycles. The highest BCUT2D eigenvalue weighted by Crippen LogP contribution is 2.32. The summed E-state index contributed by atoms with van der Waals surface area (Å²) >= 11 is 0. The highest BCUT2D eigenvalue weighted by atomic mass is 16.3. The number of nitrogens with one attached hydrogen (secondary N) is 2. The normalized spacial score (nSPS) is 14.2. The molecule has 1 aliphatic rings. The van der Waals surface area contributed by atoms with E-state index in [1.54, 1.807) is 12.1 Å². The van der Waals surface area contributed by atoms with E-state index in [9.17, 15) is 9.90 Å². The van der Waals surface area contributed by atoms with E-state index in [2.05, 4.69) is 15.5 Å². The third-order valence-electron chi connectivity index (χ3n) is 3.93. The molecule has 1 heterocycles. The Morgan fingerprint density at radius 1 is 1.18 bits per heavy atom. The molecule has 3 aromatic rings. The van der Waals surface area contributed by atoms with Crippen molar-refractivity contribution in [1.29, 1.82) is 0 Å². The Labute approximate surface area is 127 Å². The highest BCUT2D eigenvalue weighted by Gasteiger charge is 2.30. The van der Waals surface area contributed by atoms with Crippen molar-refractivity contribution in [1.82, 2.24) is 10.2 Å². The van der Waals surface area contributed by atoms with Gasteiger partial charge in [-0.15, -0.1) is 0 Å². The summed E-state index contributed by atoms with van der Waals surface area (Å²) in [6.07, 6.45) is 1.94. The second-order valence-corrected chi connectivity index (χ2v) is 5.65. The molecular formula is C17H15N3O2. The van der Waals surface area contributed by atoms with Crippen LogP contribution in [-0.4, -0.2) is 21.2 Å². The lowest BCUT2D eigenvalue weighted by Gasteiger charge is -2.03. The molecule has 1 amide bonds. The third kappa shape index (κ3) is 2.30. The van der Waals surface area contributed by atoms with Crippen molar-refractivity contribution < 1.29 is 9.90 Å². The second kappa shape index (κ2) is 4.87. The molecule has 1 aromatic heterocycles. The number of amides is 1. The minimum absolute atomic E-state index is 0.0467. The predicted octanol–water partition coefficient (Wildman–Crippen LogP) is 3.28. The maximum atomic E-state index is 11.8. The molecular weight excluding hydrogens is 278 g/mol. The van der Waals surface area contributed by atoms with Crippen LogP contribution in [0.4, 0.5) is 5.82 Å². The standard InChI is InChI=1S/C17H15N3O2/c21-13-3-1-2-11(8-13)12-6-7-14-15(9-12)19-20-16(14)18-17(22)10-4-5-10/h1-3,6-10,21H,4-5H2,(H2,18,19,20,22). The van der Waals surface area contributed by atoms with Gasteiger partial charge in [-0.3, -0.25) is 9.89 Å². The Balaban J connectivity index is 1.68. The fourth-order valence-corrected chi connectivity index (χ4v) is 2.54. The number of aromatic amines is 1. The van der Waals surface area contributed by atoms with Crippen LogP contribution in [0.5, 0.6) is 5.75 Å². The fraction of sp³-hybridized carbons (Fsp3) is 0.176. The van der Waals surface area contributed by atoms with Crippen molar-refractivity contribution >= 4 is 22.6 Å². The van der Waals surface area contributed by atoms with Crippen LogP contribution in [0.25, 0.3) is 22.0 Å². The number of rotatable bonds is 3. The molecule has 0 saturated heterocycles. The molecule has 2 aromatic carbocycles. The minimum atomic E-state index is 0.0467. The summed E-state index contributed by atoms with van der Waals surface area (Å²) in [4.78, 5) is 11.8. The number of benzene rings is 2. The Kier molecular flexibility index (Phi) is 2.85. The second-order valence-electron chi connectivity index (χ2n) is 5.65. The number of anilines is 1. The summed E-state index contributed by atoms with van der Waals surface area (Å²) in [6, 6.07) is 13.0. The molecule has 0 bridgehead atoms. The number of fused-ring (bicyclic) bond motifs is 1. The molecule has 22 heavy (non-hydrogen) atoms. The maximum Gasteiger partial charge on any atom is 0.228 e. The minimum Gasteiger partial charge on any atom is -0.508 e. The summed E-state index contributed by atoms with van der Waals surface area (Å²) in [5.74, 6) is 1.01. The smallest absolute Gasteiger partial charge is 0.228 e. The first-order valence-electron chi connectivity index (χ1n) is 7.29. The van der Waals surface area contributed by atoms with Crippen LogP contribution < -0.4 is 5.32 Å². The number of phenolic OH excluding ortho intramolecular Hbond substituents is 1. The topological polar surface area (TPSA) is 78.0 Å². The van der Waals surface area contributed by atoms with Gasteiger partial charge in [0.15, 0.2) is 5.82 Å². The predicted molar refractivity (Wildman–Crippen MR) is 84.5 cm³/mol. The number of carbonyl (C=O) groups is 1. The number of nitrogens with zero attached hydrogens (tertiary/aromatic N) is 1. The van der Waals surface area contributed by atoms with Gasteiger partial charge in [0.1, 0.15) is 5.75 Å². The number of carbonyl (C=O) groups excluding carboxylic acids is 1. The van der Waals surface area contributed by atoms with Crippen molar-refractivity contribution in [2.24, 2.45) is 5.92 Å². The number of aromatic nitrogens is 2. The SMILES string of the molecule is O=C(Nc1n[nH]c2cc(-c3cccc(O)c3)ccc12)C1CC1. The Morgan fingerprint density at radius 3 is 2.77 bits per heavy atom. The van der Waals surface area contributed by atoms with Crippen LogP contribution in [0, 0.1) is 5.92 Å². The molecule has 3 N–H and O–H groups in total. The molecule has 0 unspecified atom stereocenters. The van der Waals surface area contributed by atoms with Gasteiger partial charge in [-0.25, -0.2) is 0 Å². The Morgan fingerprint density at radius 2 is 2.00 bits per heavy atom. The number of hydrogen-bond donors (Lipinski definition) is 3. The van der Waals surface area contributed by atoms with Crippen molar-refractivity contribution in [3.8, 4) is 16.9 Å². The first kappa shape index (κ1) is 12.9. The molecule has 5 heteroatoms. The molecule has 5 nitrogen and oxygen atoms in total. The van der Waals surface area contributed by atoms with E-state index in [0.29, 0.717) is 5.82 Å². The van der Waals surface area contributed by atoms with Gasteiger partial charge in [0.05, 0.1) is 5.52 Å². The van der Waals surface area contributed by atoms with Crippen molar-refractivity contribution in [2.75, 3.05) is 5.32 Å². The molecule has 1 saturated carbocycles. The van der Waals surface area contributed by atoms with Gasteiger partial charge in [0, 0.05) is 11.3 Å². The van der Waals surface area contributed by atoms with Gasteiger partial charge < -0.3 is 10.4 Å². The van der Waals surface area contributed by atoms with E-state index < -0.39 is 0 Å². The summed E-state index contributed by atoms with van der Waals surface area (Å²) < 4.78 is 0. The van der Waals surface area contributed by atoms with E-state index in [4.69, 9.17) is 0 Å². The zero-order valence-electron chi connectivity index (χ0n) is 11.8. The quantitative estimate of drug-likeness (QED) is 0.693. The van der Waals surface area contributed by atoms with Crippen molar-refractivity contribution in [3.05, 3.63) is 42.5 Å². The lowest BCUT2D eigenvalue weighted by Crippen LogP contribution is -2.13. The molecule has 110 valence electrons. The third-order valence-corrected chi connectivity index (χ3v) is 3.93. The lowest BCUT2D eigenvalue weighted by molar-refractivity contribution is -0.117. The molecule has 0 atom stereocenters. The first-order valence-corrected chi connectivity index (χ1v) is 7.29. The summed E-state index contributed by atoms with van der Waals surface area (Å²) in [5.41, 5.74) is 2.76.